The predicted octanol–water partition coefficient (Wildman–Crippen LogP) is 1.37. The molecule has 1 aromatic rings. The Bertz CT molecular complexity index is 450. The molecule has 0 bridgehead atoms. The van der Waals surface area contributed by atoms with Crippen LogP contribution in [0.4, 0.5) is 0 Å². The Morgan fingerprint density at radius 2 is 1.59 bits per heavy atom. The molecular weight excluding hydrogens is 224 g/mol. The molecule has 92 valence electrons. The zero-order valence-corrected chi connectivity index (χ0v) is 10.2. The smallest absolute Gasteiger partial charge is 0.379 e. The van der Waals surface area contributed by atoms with Gasteiger partial charge >= 0.3 is 5.97 Å². The number of carbonyl (C=O) groups is 2. The van der Waals surface area contributed by atoms with Crippen molar-refractivity contribution < 1.29 is 23.8 Å². The van der Waals surface area contributed by atoms with Crippen LogP contribution in [0.5, 0.6) is 11.5 Å². The molecule has 0 amide bonds. The van der Waals surface area contributed by atoms with E-state index < -0.39 is 11.8 Å². The zero-order chi connectivity index (χ0) is 13.0. The fourth-order valence-corrected chi connectivity index (χ4v) is 1.43. The molecular formula is C12H14O5. The fourth-order valence-electron chi connectivity index (χ4n) is 1.43. The number of rotatable bonds is 4. The molecule has 0 unspecified atom stereocenters. The van der Waals surface area contributed by atoms with E-state index in [1.165, 1.54) is 20.3 Å². The number of carbonyl (C=O) groups excluding carboxylic acids is 2. The topological polar surface area (TPSA) is 61.8 Å². The SMILES string of the molecule is COC(=O)C(=O)c1cc(OC)c(C)cc1OC. The van der Waals surface area contributed by atoms with Gasteiger partial charge in [0.25, 0.3) is 5.78 Å². The molecule has 0 radical (unpaired) electrons. The van der Waals surface area contributed by atoms with Gasteiger partial charge in [-0.1, -0.05) is 0 Å². The van der Waals surface area contributed by atoms with E-state index in [0.717, 1.165) is 12.7 Å². The molecule has 1 aromatic carbocycles. The molecule has 0 aliphatic carbocycles. The average molecular weight is 238 g/mol. The lowest BCUT2D eigenvalue weighted by atomic mass is 10.1. The Kier molecular flexibility index (Phi) is 4.09. The minimum Gasteiger partial charge on any atom is -0.496 e. The molecule has 0 saturated heterocycles. The van der Waals surface area contributed by atoms with Crippen LogP contribution in [0.2, 0.25) is 0 Å². The molecule has 1 rings (SSSR count). The van der Waals surface area contributed by atoms with E-state index in [0.29, 0.717) is 11.5 Å². The maximum atomic E-state index is 11.7. The minimum atomic E-state index is -0.936. The third-order valence-electron chi connectivity index (χ3n) is 2.33. The first-order valence-electron chi connectivity index (χ1n) is 4.90. The molecule has 0 atom stereocenters. The van der Waals surface area contributed by atoms with Crippen molar-refractivity contribution in [3.63, 3.8) is 0 Å². The van der Waals surface area contributed by atoms with Gasteiger partial charge in [-0.2, -0.15) is 0 Å². The van der Waals surface area contributed by atoms with Crippen LogP contribution < -0.4 is 9.47 Å². The maximum Gasteiger partial charge on any atom is 0.379 e. The van der Waals surface area contributed by atoms with Crippen LogP contribution >= 0.6 is 0 Å². The largest absolute Gasteiger partial charge is 0.496 e. The number of ketones is 1. The second-order valence-corrected chi connectivity index (χ2v) is 3.34. The first-order valence-corrected chi connectivity index (χ1v) is 4.90. The summed E-state index contributed by atoms with van der Waals surface area (Å²) in [5, 5.41) is 0. The standard InChI is InChI=1S/C12H14O5/c1-7-5-10(16-3)8(6-9(7)15-2)11(13)12(14)17-4/h5-6H,1-4H3. The average Bonchev–Trinajstić information content (AvgIpc) is 2.36. The summed E-state index contributed by atoms with van der Waals surface area (Å²) in [4.78, 5) is 22.9. The van der Waals surface area contributed by atoms with Crippen molar-refractivity contribution in [2.75, 3.05) is 21.3 Å². The Balaban J connectivity index is 3.30. The number of hydrogen-bond acceptors (Lipinski definition) is 5. The summed E-state index contributed by atoms with van der Waals surface area (Å²) in [5.74, 6) is -0.867. The molecule has 0 aliphatic rings. The van der Waals surface area contributed by atoms with Crippen LogP contribution in [0.25, 0.3) is 0 Å². The van der Waals surface area contributed by atoms with Crippen LogP contribution in [0.15, 0.2) is 12.1 Å². The van der Waals surface area contributed by atoms with Gasteiger partial charge in [0, 0.05) is 0 Å². The van der Waals surface area contributed by atoms with Crippen LogP contribution in [-0.4, -0.2) is 33.1 Å². The zero-order valence-electron chi connectivity index (χ0n) is 10.2. The van der Waals surface area contributed by atoms with E-state index in [4.69, 9.17) is 9.47 Å². The first kappa shape index (κ1) is 13.0. The number of ether oxygens (including phenoxy) is 3. The predicted molar refractivity (Wildman–Crippen MR) is 60.6 cm³/mol. The van der Waals surface area contributed by atoms with Gasteiger partial charge in [-0.05, 0) is 24.6 Å². The van der Waals surface area contributed by atoms with Crippen molar-refractivity contribution in [2.45, 2.75) is 6.92 Å². The number of esters is 1. The summed E-state index contributed by atoms with van der Waals surface area (Å²) in [6, 6.07) is 3.10. The first-order chi connectivity index (χ1) is 8.04. The summed E-state index contributed by atoms with van der Waals surface area (Å²) in [6.07, 6.45) is 0. The number of aryl methyl sites for hydroxylation is 1. The Labute approximate surface area is 99.3 Å². The van der Waals surface area contributed by atoms with Gasteiger partial charge in [-0.25, -0.2) is 4.79 Å². The molecule has 0 aromatic heterocycles. The van der Waals surface area contributed by atoms with Crippen LogP contribution in [0, 0.1) is 6.92 Å². The summed E-state index contributed by atoms with van der Waals surface area (Å²) >= 11 is 0. The van der Waals surface area contributed by atoms with Gasteiger partial charge in [0.2, 0.25) is 0 Å². The Morgan fingerprint density at radius 3 is 2.06 bits per heavy atom. The third kappa shape index (κ3) is 2.55. The van der Waals surface area contributed by atoms with Crippen molar-refractivity contribution >= 4 is 11.8 Å². The van der Waals surface area contributed by atoms with Gasteiger partial charge in [0.15, 0.2) is 0 Å². The molecule has 0 N–H and O–H groups in total. The van der Waals surface area contributed by atoms with Crippen LogP contribution in [0.1, 0.15) is 15.9 Å². The lowest BCUT2D eigenvalue weighted by molar-refractivity contribution is -0.135. The highest BCUT2D eigenvalue weighted by Crippen LogP contribution is 2.28. The molecule has 0 heterocycles. The van der Waals surface area contributed by atoms with E-state index in [2.05, 4.69) is 4.74 Å². The number of Topliss-reactive ketones (excluding diaryl/α,β-unsaturated/α-hetero) is 1. The van der Waals surface area contributed by atoms with Crippen molar-refractivity contribution in [1.29, 1.82) is 0 Å². The fraction of sp³-hybridized carbons (Fsp3) is 0.333. The normalized spacial score (nSPS) is 9.65. The van der Waals surface area contributed by atoms with Gasteiger partial charge in [0.1, 0.15) is 11.5 Å². The minimum absolute atomic E-state index is 0.127. The molecule has 0 fully saturated rings. The summed E-state index contributed by atoms with van der Waals surface area (Å²) in [6.45, 7) is 1.81. The molecule has 5 nitrogen and oxygen atoms in total. The summed E-state index contributed by atoms with van der Waals surface area (Å²) in [7, 11) is 4.06. The highest BCUT2D eigenvalue weighted by molar-refractivity contribution is 6.41. The molecule has 17 heavy (non-hydrogen) atoms. The van der Waals surface area contributed by atoms with Gasteiger partial charge in [0.05, 0.1) is 26.9 Å². The quantitative estimate of drug-likeness (QED) is 0.450. The Morgan fingerprint density at radius 1 is 1.00 bits per heavy atom. The Hall–Kier alpha value is -2.04. The number of methoxy groups -OCH3 is 3. The maximum absolute atomic E-state index is 11.7. The van der Waals surface area contributed by atoms with Gasteiger partial charge in [-0.3, -0.25) is 4.79 Å². The second kappa shape index (κ2) is 5.34. The van der Waals surface area contributed by atoms with Gasteiger partial charge < -0.3 is 14.2 Å². The van der Waals surface area contributed by atoms with E-state index in [-0.39, 0.29) is 5.56 Å². The number of hydrogen-bond donors (Lipinski definition) is 0. The summed E-state index contributed by atoms with van der Waals surface area (Å²) < 4.78 is 14.5. The second-order valence-electron chi connectivity index (χ2n) is 3.34. The molecule has 0 saturated carbocycles. The van der Waals surface area contributed by atoms with Crippen molar-refractivity contribution in [2.24, 2.45) is 0 Å². The van der Waals surface area contributed by atoms with Crippen molar-refractivity contribution in [3.05, 3.63) is 23.3 Å². The van der Waals surface area contributed by atoms with Crippen molar-refractivity contribution in [1.82, 2.24) is 0 Å². The van der Waals surface area contributed by atoms with E-state index >= 15 is 0 Å². The molecule has 0 aliphatic heterocycles. The third-order valence-corrected chi connectivity index (χ3v) is 2.33. The monoisotopic (exact) mass is 238 g/mol. The lowest BCUT2D eigenvalue weighted by Crippen LogP contribution is -2.16. The van der Waals surface area contributed by atoms with E-state index in [1.54, 1.807) is 6.07 Å². The van der Waals surface area contributed by atoms with Crippen LogP contribution in [-0.2, 0) is 9.53 Å². The van der Waals surface area contributed by atoms with Crippen LogP contribution in [0.3, 0.4) is 0 Å². The lowest BCUT2D eigenvalue weighted by Gasteiger charge is -2.11. The van der Waals surface area contributed by atoms with E-state index in [9.17, 15) is 9.59 Å². The van der Waals surface area contributed by atoms with Gasteiger partial charge in [-0.15, -0.1) is 0 Å². The van der Waals surface area contributed by atoms with E-state index in [1.807, 2.05) is 6.92 Å². The molecule has 0 spiro atoms. The summed E-state index contributed by atoms with van der Waals surface area (Å²) in [5.41, 5.74) is 0.938. The van der Waals surface area contributed by atoms with Crippen molar-refractivity contribution in [3.8, 4) is 11.5 Å². The molecule has 5 heteroatoms. The number of benzene rings is 1. The highest BCUT2D eigenvalue weighted by atomic mass is 16.5. The highest BCUT2D eigenvalue weighted by Gasteiger charge is 2.22.